The van der Waals surface area contributed by atoms with Gasteiger partial charge in [-0.1, -0.05) is 6.92 Å². The van der Waals surface area contributed by atoms with Gasteiger partial charge in [0.2, 0.25) is 0 Å². The number of thioether (sulfide) groups is 1. The zero-order valence-corrected chi connectivity index (χ0v) is 11.7. The van der Waals surface area contributed by atoms with E-state index in [9.17, 15) is 0 Å². The highest BCUT2D eigenvalue weighted by Crippen LogP contribution is 2.05. The fourth-order valence-electron chi connectivity index (χ4n) is 1.50. The summed E-state index contributed by atoms with van der Waals surface area (Å²) in [6.45, 7) is 8.10. The number of nitrogens with zero attached hydrogens (tertiary/aromatic N) is 1. The molecule has 92 valence electrons. The molecule has 0 spiro atoms. The highest BCUT2D eigenvalue weighted by Gasteiger charge is 2.07. The molecule has 1 atom stereocenters. The lowest BCUT2D eigenvalue weighted by molar-refractivity contribution is 0.256. The standard InChI is InChI=1S/C12H28N2S/c1-5-8-13-9-6-7-12(2)14(3)10-11-15-4/h12-13H,5-11H2,1-4H3. The van der Waals surface area contributed by atoms with Crippen molar-refractivity contribution in [3.63, 3.8) is 0 Å². The summed E-state index contributed by atoms with van der Waals surface area (Å²) in [5.74, 6) is 1.24. The Hall–Kier alpha value is 0.270. The Morgan fingerprint density at radius 2 is 2.07 bits per heavy atom. The molecule has 0 radical (unpaired) electrons. The quantitative estimate of drug-likeness (QED) is 0.583. The fraction of sp³-hybridized carbons (Fsp3) is 1.00. The maximum atomic E-state index is 3.45. The molecule has 0 aromatic rings. The Bertz CT molecular complexity index is 131. The van der Waals surface area contributed by atoms with Crippen LogP contribution in [0.5, 0.6) is 0 Å². The first-order valence-electron chi connectivity index (χ1n) is 6.12. The summed E-state index contributed by atoms with van der Waals surface area (Å²) < 4.78 is 0. The molecule has 1 unspecified atom stereocenters. The van der Waals surface area contributed by atoms with Crippen LogP contribution in [0.25, 0.3) is 0 Å². The lowest BCUT2D eigenvalue weighted by atomic mass is 10.1. The molecular formula is C12H28N2S. The number of hydrogen-bond donors (Lipinski definition) is 1. The molecule has 0 heterocycles. The Kier molecular flexibility index (Phi) is 11.0. The Balaban J connectivity index is 3.34. The molecular weight excluding hydrogens is 204 g/mol. The van der Waals surface area contributed by atoms with Crippen LogP contribution in [0.4, 0.5) is 0 Å². The van der Waals surface area contributed by atoms with E-state index in [1.165, 1.54) is 38.1 Å². The van der Waals surface area contributed by atoms with Crippen molar-refractivity contribution in [2.45, 2.75) is 39.2 Å². The van der Waals surface area contributed by atoms with Gasteiger partial charge in [-0.15, -0.1) is 0 Å². The average Bonchev–Trinajstić information content (AvgIpc) is 2.25. The van der Waals surface area contributed by atoms with Gasteiger partial charge in [-0.25, -0.2) is 0 Å². The Morgan fingerprint density at radius 1 is 1.33 bits per heavy atom. The molecule has 2 nitrogen and oxygen atoms in total. The van der Waals surface area contributed by atoms with Crippen molar-refractivity contribution < 1.29 is 0 Å². The van der Waals surface area contributed by atoms with Crippen LogP contribution in [-0.4, -0.2) is 49.6 Å². The van der Waals surface area contributed by atoms with Crippen LogP contribution in [0.3, 0.4) is 0 Å². The monoisotopic (exact) mass is 232 g/mol. The third kappa shape index (κ3) is 9.21. The van der Waals surface area contributed by atoms with E-state index < -0.39 is 0 Å². The molecule has 0 rings (SSSR count). The van der Waals surface area contributed by atoms with Crippen molar-refractivity contribution in [2.75, 3.05) is 38.7 Å². The van der Waals surface area contributed by atoms with Crippen molar-refractivity contribution in [1.29, 1.82) is 0 Å². The van der Waals surface area contributed by atoms with Gasteiger partial charge in [-0.05, 0) is 52.6 Å². The Morgan fingerprint density at radius 3 is 2.67 bits per heavy atom. The number of rotatable bonds is 10. The molecule has 0 aliphatic rings. The van der Waals surface area contributed by atoms with Gasteiger partial charge in [0.25, 0.3) is 0 Å². The highest BCUT2D eigenvalue weighted by atomic mass is 32.2. The highest BCUT2D eigenvalue weighted by molar-refractivity contribution is 7.98. The minimum Gasteiger partial charge on any atom is -0.317 e. The SMILES string of the molecule is CCCNCCCC(C)N(C)CCSC. The summed E-state index contributed by atoms with van der Waals surface area (Å²) in [6, 6.07) is 0.723. The van der Waals surface area contributed by atoms with Crippen LogP contribution < -0.4 is 5.32 Å². The minimum absolute atomic E-state index is 0.723. The predicted octanol–water partition coefficient (Wildman–Crippen LogP) is 2.45. The molecule has 0 saturated heterocycles. The van der Waals surface area contributed by atoms with Gasteiger partial charge in [-0.3, -0.25) is 0 Å². The lowest BCUT2D eigenvalue weighted by Crippen LogP contribution is -2.31. The van der Waals surface area contributed by atoms with E-state index in [1.54, 1.807) is 0 Å². The smallest absolute Gasteiger partial charge is 0.00720 e. The topological polar surface area (TPSA) is 15.3 Å². The van der Waals surface area contributed by atoms with E-state index in [1.807, 2.05) is 11.8 Å². The van der Waals surface area contributed by atoms with Crippen LogP contribution in [0, 0.1) is 0 Å². The van der Waals surface area contributed by atoms with Crippen molar-refractivity contribution in [2.24, 2.45) is 0 Å². The zero-order valence-electron chi connectivity index (χ0n) is 10.9. The number of hydrogen-bond acceptors (Lipinski definition) is 3. The maximum Gasteiger partial charge on any atom is 0.00720 e. The summed E-state index contributed by atoms with van der Waals surface area (Å²) in [4.78, 5) is 2.47. The van der Waals surface area contributed by atoms with Gasteiger partial charge in [0.1, 0.15) is 0 Å². The molecule has 3 heteroatoms. The van der Waals surface area contributed by atoms with Crippen molar-refractivity contribution in [3.05, 3.63) is 0 Å². The summed E-state index contributed by atoms with van der Waals surface area (Å²) >= 11 is 1.93. The fourth-order valence-corrected chi connectivity index (χ4v) is 1.97. The second-order valence-electron chi connectivity index (χ2n) is 4.21. The molecule has 15 heavy (non-hydrogen) atoms. The predicted molar refractivity (Wildman–Crippen MR) is 72.9 cm³/mol. The van der Waals surface area contributed by atoms with Crippen molar-refractivity contribution in [3.8, 4) is 0 Å². The van der Waals surface area contributed by atoms with Crippen molar-refractivity contribution in [1.82, 2.24) is 10.2 Å². The summed E-state index contributed by atoms with van der Waals surface area (Å²) in [5, 5.41) is 3.45. The Labute approximate surface area is 100 Å². The number of nitrogens with one attached hydrogen (secondary N) is 1. The van der Waals surface area contributed by atoms with Crippen LogP contribution >= 0.6 is 11.8 Å². The normalized spacial score (nSPS) is 13.4. The molecule has 0 aliphatic carbocycles. The third-order valence-corrected chi connectivity index (χ3v) is 3.39. The largest absolute Gasteiger partial charge is 0.317 e. The molecule has 1 N–H and O–H groups in total. The van der Waals surface area contributed by atoms with E-state index in [2.05, 4.69) is 37.4 Å². The summed E-state index contributed by atoms with van der Waals surface area (Å²) in [7, 11) is 2.24. The van der Waals surface area contributed by atoms with Gasteiger partial charge in [-0.2, -0.15) is 11.8 Å². The first-order chi connectivity index (χ1) is 7.22. The van der Waals surface area contributed by atoms with E-state index in [4.69, 9.17) is 0 Å². The van der Waals surface area contributed by atoms with Crippen LogP contribution in [0.2, 0.25) is 0 Å². The zero-order chi connectivity index (χ0) is 11.5. The third-order valence-electron chi connectivity index (χ3n) is 2.80. The second kappa shape index (κ2) is 10.8. The van der Waals surface area contributed by atoms with E-state index in [0.29, 0.717) is 0 Å². The first kappa shape index (κ1) is 15.3. The summed E-state index contributed by atoms with van der Waals surface area (Å²) in [6.07, 6.45) is 6.02. The molecule has 0 bridgehead atoms. The van der Waals surface area contributed by atoms with Crippen LogP contribution in [0.15, 0.2) is 0 Å². The van der Waals surface area contributed by atoms with E-state index in [0.717, 1.165) is 12.6 Å². The molecule has 0 aromatic heterocycles. The molecule has 0 aromatic carbocycles. The maximum absolute atomic E-state index is 3.45. The summed E-state index contributed by atoms with van der Waals surface area (Å²) in [5.41, 5.74) is 0. The van der Waals surface area contributed by atoms with Crippen molar-refractivity contribution >= 4 is 11.8 Å². The van der Waals surface area contributed by atoms with E-state index in [-0.39, 0.29) is 0 Å². The van der Waals surface area contributed by atoms with Crippen LogP contribution in [0.1, 0.15) is 33.1 Å². The second-order valence-corrected chi connectivity index (χ2v) is 5.20. The molecule has 0 saturated carbocycles. The van der Waals surface area contributed by atoms with Gasteiger partial charge in [0.05, 0.1) is 0 Å². The van der Waals surface area contributed by atoms with Gasteiger partial charge in [0.15, 0.2) is 0 Å². The van der Waals surface area contributed by atoms with Gasteiger partial charge in [0, 0.05) is 18.3 Å². The molecule has 0 fully saturated rings. The minimum atomic E-state index is 0.723. The lowest BCUT2D eigenvalue weighted by Gasteiger charge is -2.24. The molecule has 0 amide bonds. The van der Waals surface area contributed by atoms with Gasteiger partial charge < -0.3 is 10.2 Å². The first-order valence-corrected chi connectivity index (χ1v) is 7.51. The molecule has 0 aliphatic heterocycles. The van der Waals surface area contributed by atoms with Crippen LogP contribution in [-0.2, 0) is 0 Å². The average molecular weight is 232 g/mol. The van der Waals surface area contributed by atoms with E-state index >= 15 is 0 Å². The van der Waals surface area contributed by atoms with Gasteiger partial charge >= 0.3 is 0 Å².